The van der Waals surface area contributed by atoms with Gasteiger partial charge in [0, 0.05) is 69.7 Å². The van der Waals surface area contributed by atoms with Gasteiger partial charge in [0.1, 0.15) is 11.1 Å². The molecule has 1 saturated heterocycles. The molecule has 0 bridgehead atoms. The molecule has 214 valence electrons. The molecule has 6 rings (SSSR count). The molecule has 9 heteroatoms. The van der Waals surface area contributed by atoms with Crippen molar-refractivity contribution in [3.05, 3.63) is 94.9 Å². The maximum absolute atomic E-state index is 13.4. The van der Waals surface area contributed by atoms with Gasteiger partial charge in [0.15, 0.2) is 17.3 Å². The third kappa shape index (κ3) is 5.93. The molecule has 0 radical (unpaired) electrons. The maximum atomic E-state index is 13.4. The molecule has 2 aromatic carbocycles. The van der Waals surface area contributed by atoms with Crippen molar-refractivity contribution >= 4 is 16.8 Å². The lowest BCUT2D eigenvalue weighted by atomic mass is 9.96. The standard InChI is InChI=1S/C33H35N7O2/c1-22-5-8-28(42-33-29-20-35-39(4)32(29)36-31(37-33)24-9-11-34-12-10-24)18-27(22)19-30(41)25-6-7-26(23(2)17-25)21-40-15-13-38(3)14-16-40/h5-12,17-18,20H,13-16,19,21H2,1-4H3. The molecule has 9 nitrogen and oxygen atoms in total. The number of aromatic nitrogens is 5. The van der Waals surface area contributed by atoms with Crippen molar-refractivity contribution < 1.29 is 9.53 Å². The molecular formula is C33H35N7O2. The molecule has 0 saturated carbocycles. The van der Waals surface area contributed by atoms with E-state index in [1.165, 1.54) is 5.56 Å². The number of hydrogen-bond donors (Lipinski definition) is 0. The van der Waals surface area contributed by atoms with Gasteiger partial charge in [-0.15, -0.1) is 0 Å². The summed E-state index contributed by atoms with van der Waals surface area (Å²) in [6.07, 6.45) is 5.40. The molecule has 42 heavy (non-hydrogen) atoms. The first-order valence-corrected chi connectivity index (χ1v) is 14.2. The van der Waals surface area contributed by atoms with Crippen LogP contribution in [0.1, 0.15) is 32.6 Å². The van der Waals surface area contributed by atoms with Crippen molar-refractivity contribution in [3.8, 4) is 23.0 Å². The SMILES string of the molecule is Cc1ccc(Oc2nc(-c3ccncc3)nc3c2cnn3C)cc1CC(=O)c1ccc(CN2CCN(C)CC2)c(C)c1. The van der Waals surface area contributed by atoms with Crippen LogP contribution in [0.4, 0.5) is 0 Å². The summed E-state index contributed by atoms with van der Waals surface area (Å²) < 4.78 is 8.03. The summed E-state index contributed by atoms with van der Waals surface area (Å²) in [6, 6.07) is 15.6. The van der Waals surface area contributed by atoms with Crippen LogP contribution >= 0.6 is 0 Å². The van der Waals surface area contributed by atoms with E-state index in [1.807, 2.05) is 56.4 Å². The Balaban J connectivity index is 1.21. The van der Waals surface area contributed by atoms with Gasteiger partial charge in [0.2, 0.25) is 5.88 Å². The number of fused-ring (bicyclic) bond motifs is 1. The van der Waals surface area contributed by atoms with E-state index in [9.17, 15) is 4.79 Å². The number of rotatable bonds is 8. The van der Waals surface area contributed by atoms with Crippen LogP contribution < -0.4 is 4.74 Å². The van der Waals surface area contributed by atoms with Gasteiger partial charge in [-0.3, -0.25) is 19.4 Å². The lowest BCUT2D eigenvalue weighted by Gasteiger charge is -2.32. The quantitative estimate of drug-likeness (QED) is 0.245. The Morgan fingerprint density at radius 3 is 2.43 bits per heavy atom. The number of carbonyl (C=O) groups is 1. The van der Waals surface area contributed by atoms with Gasteiger partial charge in [-0.1, -0.05) is 18.2 Å². The van der Waals surface area contributed by atoms with Crippen LogP contribution in [-0.4, -0.2) is 73.5 Å². The summed E-state index contributed by atoms with van der Waals surface area (Å²) in [5, 5.41) is 5.07. The minimum Gasteiger partial charge on any atom is -0.438 e. The van der Waals surface area contributed by atoms with E-state index in [1.54, 1.807) is 23.3 Å². The number of benzene rings is 2. The van der Waals surface area contributed by atoms with Gasteiger partial charge in [0.25, 0.3) is 0 Å². The van der Waals surface area contributed by atoms with Crippen molar-refractivity contribution in [1.29, 1.82) is 0 Å². The molecule has 1 fully saturated rings. The van der Waals surface area contributed by atoms with E-state index in [4.69, 9.17) is 14.7 Å². The smallest absolute Gasteiger partial charge is 0.234 e. The first-order chi connectivity index (χ1) is 20.3. The number of ketones is 1. The number of ether oxygens (including phenoxy) is 1. The monoisotopic (exact) mass is 561 g/mol. The molecule has 0 spiro atoms. The molecular weight excluding hydrogens is 526 g/mol. The zero-order valence-electron chi connectivity index (χ0n) is 24.5. The third-order valence-electron chi connectivity index (χ3n) is 8.04. The second kappa shape index (κ2) is 11.8. The molecule has 1 aliphatic heterocycles. The van der Waals surface area contributed by atoms with Crippen LogP contribution in [0.5, 0.6) is 11.6 Å². The molecule has 0 N–H and O–H groups in total. The number of carbonyl (C=O) groups excluding carboxylic acids is 1. The Labute approximate surface area is 245 Å². The van der Waals surface area contributed by atoms with E-state index >= 15 is 0 Å². The van der Waals surface area contributed by atoms with Crippen molar-refractivity contribution in [2.45, 2.75) is 26.8 Å². The van der Waals surface area contributed by atoms with E-state index < -0.39 is 0 Å². The Kier molecular flexibility index (Phi) is 7.78. The van der Waals surface area contributed by atoms with Crippen LogP contribution in [0.15, 0.2) is 67.1 Å². The number of hydrogen-bond acceptors (Lipinski definition) is 8. The number of Topliss-reactive ketones (excluding diaryl/α,β-unsaturated/α-hetero) is 1. The number of nitrogens with zero attached hydrogens (tertiary/aromatic N) is 7. The molecule has 0 amide bonds. The number of piperazine rings is 1. The Bertz CT molecular complexity index is 1740. The van der Waals surface area contributed by atoms with E-state index in [0.717, 1.165) is 60.5 Å². The van der Waals surface area contributed by atoms with Crippen LogP contribution in [0.25, 0.3) is 22.4 Å². The van der Waals surface area contributed by atoms with Crippen LogP contribution in [-0.2, 0) is 20.0 Å². The number of pyridine rings is 1. The molecule has 0 unspecified atom stereocenters. The van der Waals surface area contributed by atoms with E-state index in [2.05, 4.69) is 39.9 Å². The predicted molar refractivity (Wildman–Crippen MR) is 163 cm³/mol. The highest BCUT2D eigenvalue weighted by molar-refractivity contribution is 5.98. The van der Waals surface area contributed by atoms with Gasteiger partial charge in [-0.2, -0.15) is 10.1 Å². The lowest BCUT2D eigenvalue weighted by Crippen LogP contribution is -2.43. The number of likely N-dealkylation sites (N-methyl/N-ethyl adjacent to an activating group) is 1. The predicted octanol–water partition coefficient (Wildman–Crippen LogP) is 5.01. The topological polar surface area (TPSA) is 89.3 Å². The minimum atomic E-state index is 0.0844. The van der Waals surface area contributed by atoms with Gasteiger partial charge in [-0.05, 0) is 73.5 Å². The fourth-order valence-corrected chi connectivity index (χ4v) is 5.29. The fraction of sp³-hybridized carbons (Fsp3) is 0.303. The van der Waals surface area contributed by atoms with Crippen molar-refractivity contribution in [2.75, 3.05) is 33.2 Å². The van der Waals surface area contributed by atoms with Crippen molar-refractivity contribution in [1.82, 2.24) is 34.5 Å². The highest BCUT2D eigenvalue weighted by Gasteiger charge is 2.18. The number of aryl methyl sites for hydroxylation is 3. The van der Waals surface area contributed by atoms with Gasteiger partial charge in [0.05, 0.1) is 6.20 Å². The summed E-state index contributed by atoms with van der Waals surface area (Å²) >= 11 is 0. The van der Waals surface area contributed by atoms with E-state index in [0.29, 0.717) is 28.5 Å². The minimum absolute atomic E-state index is 0.0844. The Morgan fingerprint density at radius 1 is 0.881 bits per heavy atom. The van der Waals surface area contributed by atoms with Gasteiger partial charge in [-0.25, -0.2) is 4.98 Å². The average Bonchev–Trinajstić information content (AvgIpc) is 3.38. The average molecular weight is 562 g/mol. The first-order valence-electron chi connectivity index (χ1n) is 14.2. The van der Waals surface area contributed by atoms with Crippen LogP contribution in [0, 0.1) is 13.8 Å². The summed E-state index contributed by atoms with van der Waals surface area (Å²) in [5.74, 6) is 1.62. The zero-order chi connectivity index (χ0) is 29.2. The molecule has 1 aliphatic rings. The molecule has 4 heterocycles. The maximum Gasteiger partial charge on any atom is 0.234 e. The van der Waals surface area contributed by atoms with E-state index in [-0.39, 0.29) is 12.2 Å². The first kappa shape index (κ1) is 27.7. The normalized spacial score (nSPS) is 14.4. The summed E-state index contributed by atoms with van der Waals surface area (Å²) in [6.45, 7) is 9.36. The highest BCUT2D eigenvalue weighted by atomic mass is 16.5. The Hall–Kier alpha value is -4.47. The largest absolute Gasteiger partial charge is 0.438 e. The van der Waals surface area contributed by atoms with Gasteiger partial charge < -0.3 is 9.64 Å². The molecule has 0 atom stereocenters. The third-order valence-corrected chi connectivity index (χ3v) is 8.04. The summed E-state index contributed by atoms with van der Waals surface area (Å²) in [5.41, 5.74) is 6.62. The Morgan fingerprint density at radius 2 is 1.67 bits per heavy atom. The summed E-state index contributed by atoms with van der Waals surface area (Å²) in [7, 11) is 4.01. The second-order valence-corrected chi connectivity index (χ2v) is 11.1. The lowest BCUT2D eigenvalue weighted by molar-refractivity contribution is 0.0992. The fourth-order valence-electron chi connectivity index (χ4n) is 5.29. The van der Waals surface area contributed by atoms with Crippen molar-refractivity contribution in [2.24, 2.45) is 7.05 Å². The summed E-state index contributed by atoms with van der Waals surface area (Å²) in [4.78, 5) is 31.8. The molecule has 0 aliphatic carbocycles. The second-order valence-electron chi connectivity index (χ2n) is 11.1. The highest BCUT2D eigenvalue weighted by Crippen LogP contribution is 2.31. The molecule has 3 aromatic heterocycles. The van der Waals surface area contributed by atoms with Crippen molar-refractivity contribution in [3.63, 3.8) is 0 Å². The van der Waals surface area contributed by atoms with Crippen LogP contribution in [0.2, 0.25) is 0 Å². The van der Waals surface area contributed by atoms with Gasteiger partial charge >= 0.3 is 0 Å². The molecule has 5 aromatic rings. The zero-order valence-corrected chi connectivity index (χ0v) is 24.5. The van der Waals surface area contributed by atoms with Crippen LogP contribution in [0.3, 0.4) is 0 Å².